The Morgan fingerprint density at radius 2 is 1.88 bits per heavy atom. The molecule has 0 aliphatic rings. The second-order valence-corrected chi connectivity index (χ2v) is 5.50. The predicted molar refractivity (Wildman–Crippen MR) is 75.0 cm³/mol. The SMILES string of the molecule is CCCNC(CC#CC(C)(C)C)C(CC)OC. The van der Waals surface area contributed by atoms with Crippen molar-refractivity contribution >= 4 is 0 Å². The summed E-state index contributed by atoms with van der Waals surface area (Å²) in [4.78, 5) is 0. The summed E-state index contributed by atoms with van der Waals surface area (Å²) < 4.78 is 5.51. The molecule has 0 amide bonds. The van der Waals surface area contributed by atoms with Gasteiger partial charge in [0.1, 0.15) is 0 Å². The minimum atomic E-state index is 0.0874. The van der Waals surface area contributed by atoms with Gasteiger partial charge in [-0.3, -0.25) is 0 Å². The van der Waals surface area contributed by atoms with Gasteiger partial charge in [0.25, 0.3) is 0 Å². The molecule has 2 unspecified atom stereocenters. The zero-order chi connectivity index (χ0) is 13.3. The summed E-state index contributed by atoms with van der Waals surface area (Å²) in [7, 11) is 1.78. The molecule has 0 aromatic rings. The predicted octanol–water partition coefficient (Wildman–Crippen LogP) is 3.22. The van der Waals surface area contributed by atoms with Crippen molar-refractivity contribution in [1.29, 1.82) is 0 Å². The molecule has 0 spiro atoms. The minimum absolute atomic E-state index is 0.0874. The molecule has 0 aromatic carbocycles. The quantitative estimate of drug-likeness (QED) is 0.689. The van der Waals surface area contributed by atoms with Crippen LogP contribution in [0.15, 0.2) is 0 Å². The van der Waals surface area contributed by atoms with Crippen LogP contribution < -0.4 is 5.32 Å². The highest BCUT2D eigenvalue weighted by molar-refractivity contribution is 5.09. The van der Waals surface area contributed by atoms with Crippen LogP contribution in [0.2, 0.25) is 0 Å². The van der Waals surface area contributed by atoms with Crippen molar-refractivity contribution in [3.05, 3.63) is 0 Å². The summed E-state index contributed by atoms with van der Waals surface area (Å²) in [6.07, 6.45) is 3.29. The van der Waals surface area contributed by atoms with Crippen LogP contribution in [0.4, 0.5) is 0 Å². The lowest BCUT2D eigenvalue weighted by atomic mass is 9.97. The standard InChI is InChI=1S/C15H29NO/c1-7-12-16-13(14(8-2)17-6)10-9-11-15(3,4)5/h13-14,16H,7-8,10,12H2,1-6H3. The molecule has 0 aliphatic carbocycles. The van der Waals surface area contributed by atoms with E-state index in [-0.39, 0.29) is 11.5 Å². The van der Waals surface area contributed by atoms with Crippen molar-refractivity contribution < 1.29 is 4.74 Å². The van der Waals surface area contributed by atoms with Crippen LogP contribution in [0, 0.1) is 17.3 Å². The van der Waals surface area contributed by atoms with Crippen LogP contribution in [0.25, 0.3) is 0 Å². The number of rotatable bonds is 7. The van der Waals surface area contributed by atoms with Gasteiger partial charge in [0, 0.05) is 25.0 Å². The fourth-order valence-corrected chi connectivity index (χ4v) is 1.71. The molecular formula is C15H29NO. The van der Waals surface area contributed by atoms with Crippen molar-refractivity contribution in [2.45, 2.75) is 66.0 Å². The molecule has 2 atom stereocenters. The molecule has 17 heavy (non-hydrogen) atoms. The van der Waals surface area contributed by atoms with Gasteiger partial charge in [-0.25, -0.2) is 0 Å². The van der Waals surface area contributed by atoms with Gasteiger partial charge in [0.15, 0.2) is 0 Å². The molecule has 0 heterocycles. The fourth-order valence-electron chi connectivity index (χ4n) is 1.71. The molecule has 2 heteroatoms. The molecular weight excluding hydrogens is 210 g/mol. The largest absolute Gasteiger partial charge is 0.380 e. The summed E-state index contributed by atoms with van der Waals surface area (Å²) in [5.41, 5.74) is 0.0874. The smallest absolute Gasteiger partial charge is 0.0730 e. The first-order chi connectivity index (χ1) is 7.94. The average Bonchev–Trinajstić information content (AvgIpc) is 2.25. The maximum atomic E-state index is 5.51. The highest BCUT2D eigenvalue weighted by atomic mass is 16.5. The van der Waals surface area contributed by atoms with Crippen LogP contribution in [0.5, 0.6) is 0 Å². The van der Waals surface area contributed by atoms with Gasteiger partial charge in [-0.1, -0.05) is 19.8 Å². The van der Waals surface area contributed by atoms with Crippen LogP contribution in [0.1, 0.15) is 53.9 Å². The second-order valence-electron chi connectivity index (χ2n) is 5.50. The average molecular weight is 239 g/mol. The van der Waals surface area contributed by atoms with Crippen molar-refractivity contribution in [3.63, 3.8) is 0 Å². The first-order valence-corrected chi connectivity index (χ1v) is 6.70. The summed E-state index contributed by atoms with van der Waals surface area (Å²) in [5.74, 6) is 6.58. The zero-order valence-electron chi connectivity index (χ0n) is 12.4. The van der Waals surface area contributed by atoms with Crippen molar-refractivity contribution in [2.24, 2.45) is 5.41 Å². The van der Waals surface area contributed by atoms with E-state index in [2.05, 4.69) is 51.8 Å². The van der Waals surface area contributed by atoms with E-state index in [9.17, 15) is 0 Å². The summed E-state index contributed by atoms with van der Waals surface area (Å²) in [5, 5.41) is 3.53. The Hall–Kier alpha value is -0.520. The number of hydrogen-bond acceptors (Lipinski definition) is 2. The molecule has 2 nitrogen and oxygen atoms in total. The van der Waals surface area contributed by atoms with Crippen molar-refractivity contribution in [3.8, 4) is 11.8 Å². The molecule has 0 saturated heterocycles. The summed E-state index contributed by atoms with van der Waals surface area (Å²) >= 11 is 0. The topological polar surface area (TPSA) is 21.3 Å². The zero-order valence-corrected chi connectivity index (χ0v) is 12.4. The Morgan fingerprint density at radius 1 is 1.24 bits per heavy atom. The third-order valence-electron chi connectivity index (χ3n) is 2.60. The fraction of sp³-hybridized carbons (Fsp3) is 0.867. The number of nitrogens with one attached hydrogen (secondary N) is 1. The number of ether oxygens (including phenoxy) is 1. The Kier molecular flexibility index (Phi) is 8.29. The molecule has 0 rings (SSSR count). The molecule has 100 valence electrons. The Morgan fingerprint density at radius 3 is 2.29 bits per heavy atom. The van der Waals surface area contributed by atoms with E-state index in [1.807, 2.05) is 0 Å². The molecule has 1 N–H and O–H groups in total. The summed E-state index contributed by atoms with van der Waals surface area (Å²) in [6, 6.07) is 0.347. The highest BCUT2D eigenvalue weighted by Crippen LogP contribution is 2.11. The van der Waals surface area contributed by atoms with Gasteiger partial charge >= 0.3 is 0 Å². The Labute approximate surface area is 108 Å². The lowest BCUT2D eigenvalue weighted by molar-refractivity contribution is 0.0668. The molecule has 0 aliphatic heterocycles. The maximum absolute atomic E-state index is 5.51. The third kappa shape index (κ3) is 8.24. The van der Waals surface area contributed by atoms with Gasteiger partial charge in [-0.2, -0.15) is 0 Å². The van der Waals surface area contributed by atoms with Crippen LogP contribution in [-0.2, 0) is 4.74 Å². The third-order valence-corrected chi connectivity index (χ3v) is 2.60. The van der Waals surface area contributed by atoms with Gasteiger partial charge < -0.3 is 10.1 Å². The van der Waals surface area contributed by atoms with E-state index < -0.39 is 0 Å². The normalized spacial score (nSPS) is 14.9. The lowest BCUT2D eigenvalue weighted by Gasteiger charge is -2.24. The monoisotopic (exact) mass is 239 g/mol. The Balaban J connectivity index is 4.41. The van der Waals surface area contributed by atoms with Crippen LogP contribution in [0.3, 0.4) is 0 Å². The molecule has 0 saturated carbocycles. The van der Waals surface area contributed by atoms with Crippen molar-refractivity contribution in [1.82, 2.24) is 5.32 Å². The second kappa shape index (κ2) is 8.55. The molecule has 0 radical (unpaired) electrons. The first kappa shape index (κ1) is 16.5. The van der Waals surface area contributed by atoms with E-state index in [1.54, 1.807) is 7.11 Å². The highest BCUT2D eigenvalue weighted by Gasteiger charge is 2.17. The van der Waals surface area contributed by atoms with Gasteiger partial charge in [0.2, 0.25) is 0 Å². The minimum Gasteiger partial charge on any atom is -0.380 e. The van der Waals surface area contributed by atoms with E-state index >= 15 is 0 Å². The van der Waals surface area contributed by atoms with E-state index in [0.717, 1.165) is 25.8 Å². The molecule has 0 bridgehead atoms. The molecule has 0 fully saturated rings. The number of methoxy groups -OCH3 is 1. The van der Waals surface area contributed by atoms with E-state index in [1.165, 1.54) is 0 Å². The van der Waals surface area contributed by atoms with E-state index in [4.69, 9.17) is 4.74 Å². The van der Waals surface area contributed by atoms with Crippen LogP contribution in [-0.4, -0.2) is 25.8 Å². The van der Waals surface area contributed by atoms with Crippen molar-refractivity contribution in [2.75, 3.05) is 13.7 Å². The molecule has 0 aromatic heterocycles. The maximum Gasteiger partial charge on any atom is 0.0730 e. The van der Waals surface area contributed by atoms with E-state index in [0.29, 0.717) is 6.04 Å². The van der Waals surface area contributed by atoms with Gasteiger partial charge in [-0.05, 0) is 40.2 Å². The van der Waals surface area contributed by atoms with Gasteiger partial charge in [-0.15, -0.1) is 5.92 Å². The summed E-state index contributed by atoms with van der Waals surface area (Å²) in [6.45, 7) is 11.8. The Bertz CT molecular complexity index is 240. The first-order valence-electron chi connectivity index (χ1n) is 6.70. The number of hydrogen-bond donors (Lipinski definition) is 1. The van der Waals surface area contributed by atoms with Gasteiger partial charge in [0.05, 0.1) is 6.10 Å². The lowest BCUT2D eigenvalue weighted by Crippen LogP contribution is -2.40. The van der Waals surface area contributed by atoms with Crippen LogP contribution >= 0.6 is 0 Å².